The summed E-state index contributed by atoms with van der Waals surface area (Å²) in [6.07, 6.45) is -5.34. The number of aliphatic hydroxyl groups is 1. The van der Waals surface area contributed by atoms with Gasteiger partial charge in [0.05, 0.1) is 6.04 Å². The number of alkyl halides is 3. The van der Waals surface area contributed by atoms with Gasteiger partial charge in [-0.15, -0.1) is 0 Å². The van der Waals surface area contributed by atoms with E-state index in [4.69, 9.17) is 0 Å². The van der Waals surface area contributed by atoms with Crippen LogP contribution in [0.15, 0.2) is 54.6 Å². The van der Waals surface area contributed by atoms with Crippen molar-refractivity contribution in [2.45, 2.75) is 17.9 Å². The summed E-state index contributed by atoms with van der Waals surface area (Å²) in [5.41, 5.74) is -3.83. The molecule has 3 atom stereocenters. The van der Waals surface area contributed by atoms with Crippen LogP contribution in [-0.4, -0.2) is 28.8 Å². The molecule has 2 amide bonds. The normalized spacial score (nSPS) is 25.4. The molecule has 0 aliphatic carbocycles. The molecule has 2 aromatic carbocycles. The minimum Gasteiger partial charge on any atom is -0.363 e. The molecule has 1 heterocycles. The van der Waals surface area contributed by atoms with Gasteiger partial charge in [-0.1, -0.05) is 42.5 Å². The Morgan fingerprint density at radius 2 is 1.63 bits per heavy atom. The van der Waals surface area contributed by atoms with E-state index >= 15 is 0 Å². The van der Waals surface area contributed by atoms with Crippen LogP contribution in [0.1, 0.15) is 22.0 Å². The van der Waals surface area contributed by atoms with Gasteiger partial charge in [-0.3, -0.25) is 4.79 Å². The van der Waals surface area contributed by atoms with Crippen molar-refractivity contribution in [2.24, 2.45) is 5.92 Å². The Morgan fingerprint density at radius 3 is 2.19 bits per heavy atom. The third-order valence-electron chi connectivity index (χ3n) is 4.38. The zero-order valence-corrected chi connectivity index (χ0v) is 13.6. The average Bonchev–Trinajstić information content (AvgIpc) is 2.61. The van der Waals surface area contributed by atoms with Crippen LogP contribution in [0.25, 0.3) is 0 Å². The fourth-order valence-electron chi connectivity index (χ4n) is 3.07. The topological polar surface area (TPSA) is 78.4 Å². The number of amides is 2. The summed E-state index contributed by atoms with van der Waals surface area (Å²) >= 11 is 0. The van der Waals surface area contributed by atoms with Gasteiger partial charge in [0.25, 0.3) is 0 Å². The molecule has 1 aliphatic rings. The van der Waals surface area contributed by atoms with Gasteiger partial charge in [-0.05, 0) is 17.7 Å². The number of ketones is 1. The molecule has 1 aliphatic heterocycles. The lowest BCUT2D eigenvalue weighted by molar-refractivity contribution is -0.287. The van der Waals surface area contributed by atoms with Gasteiger partial charge in [-0.2, -0.15) is 13.2 Å². The van der Waals surface area contributed by atoms with Crippen LogP contribution < -0.4 is 10.6 Å². The lowest BCUT2D eigenvalue weighted by Gasteiger charge is -2.45. The molecular weight excluding hydrogens is 368 g/mol. The number of hydrogen-bond donors (Lipinski definition) is 3. The maximum absolute atomic E-state index is 13.7. The Morgan fingerprint density at radius 1 is 1.04 bits per heavy atom. The van der Waals surface area contributed by atoms with Crippen molar-refractivity contribution >= 4 is 11.8 Å². The molecule has 5 nitrogen and oxygen atoms in total. The van der Waals surface area contributed by atoms with E-state index < -0.39 is 41.5 Å². The molecule has 27 heavy (non-hydrogen) atoms. The first-order chi connectivity index (χ1) is 12.6. The van der Waals surface area contributed by atoms with Crippen molar-refractivity contribution in [1.29, 1.82) is 0 Å². The van der Waals surface area contributed by atoms with Crippen LogP contribution in [0.3, 0.4) is 0 Å². The van der Waals surface area contributed by atoms with Gasteiger partial charge in [0.2, 0.25) is 5.72 Å². The number of benzene rings is 2. The molecule has 0 saturated carbocycles. The number of carbonyl (C=O) groups is 2. The fourth-order valence-corrected chi connectivity index (χ4v) is 3.07. The van der Waals surface area contributed by atoms with Crippen molar-refractivity contribution in [3.63, 3.8) is 0 Å². The van der Waals surface area contributed by atoms with E-state index in [1.807, 2.05) is 0 Å². The second kappa shape index (κ2) is 6.66. The Labute approximate surface area is 151 Å². The van der Waals surface area contributed by atoms with Crippen molar-refractivity contribution in [3.8, 4) is 0 Å². The lowest BCUT2D eigenvalue weighted by Crippen LogP contribution is -2.72. The monoisotopic (exact) mass is 382 g/mol. The van der Waals surface area contributed by atoms with E-state index in [1.165, 1.54) is 29.6 Å². The van der Waals surface area contributed by atoms with E-state index in [0.717, 1.165) is 24.3 Å². The van der Waals surface area contributed by atoms with Crippen LogP contribution in [0.4, 0.5) is 22.4 Å². The number of hydrogen-bond acceptors (Lipinski definition) is 3. The zero-order chi connectivity index (χ0) is 19.8. The van der Waals surface area contributed by atoms with E-state index in [2.05, 4.69) is 5.32 Å². The van der Waals surface area contributed by atoms with E-state index in [-0.39, 0.29) is 11.1 Å². The molecule has 9 heteroatoms. The summed E-state index contributed by atoms with van der Waals surface area (Å²) in [6.45, 7) is 0. The highest BCUT2D eigenvalue weighted by atomic mass is 19.4. The number of nitrogens with one attached hydrogen (secondary N) is 2. The maximum atomic E-state index is 13.7. The molecular formula is C18H14F4N2O3. The van der Waals surface area contributed by atoms with Crippen LogP contribution in [0.5, 0.6) is 0 Å². The summed E-state index contributed by atoms with van der Waals surface area (Å²) in [6, 6.07) is 8.53. The number of rotatable bonds is 3. The molecule has 3 N–H and O–H groups in total. The van der Waals surface area contributed by atoms with Gasteiger partial charge in [0.1, 0.15) is 11.7 Å². The largest absolute Gasteiger partial charge is 0.437 e. The van der Waals surface area contributed by atoms with Crippen molar-refractivity contribution < 1.29 is 32.3 Å². The first kappa shape index (κ1) is 18.8. The SMILES string of the molecule is O=C1N[C@H](c2ccc(F)cc2)[C@@H](C(=O)c2ccccc2)[C@@](O)(C(F)(F)F)N1. The lowest BCUT2D eigenvalue weighted by atomic mass is 9.77. The number of carbonyl (C=O) groups excluding carboxylic acids is 2. The standard InChI is InChI=1S/C18H14F4N2O3/c19-12-8-6-10(7-9-12)14-13(15(25)11-4-2-1-3-5-11)17(27,18(20,21)22)24-16(26)23-14/h1-9,13-14,27H,(H2,23,24,26)/t13-,14+,17+/m0/s1. The second-order valence-electron chi connectivity index (χ2n) is 6.10. The molecule has 0 bridgehead atoms. The quantitative estimate of drug-likeness (QED) is 0.564. The maximum Gasteiger partial charge on any atom is 0.437 e. The van der Waals surface area contributed by atoms with Crippen LogP contribution in [0, 0.1) is 11.7 Å². The Hall–Kier alpha value is -2.94. The Balaban J connectivity index is 2.15. The van der Waals surface area contributed by atoms with Gasteiger partial charge < -0.3 is 15.7 Å². The van der Waals surface area contributed by atoms with E-state index in [9.17, 15) is 32.3 Å². The summed E-state index contributed by atoms with van der Waals surface area (Å²) in [7, 11) is 0. The molecule has 0 unspecified atom stereocenters. The molecule has 142 valence electrons. The van der Waals surface area contributed by atoms with Crippen LogP contribution in [0.2, 0.25) is 0 Å². The predicted octanol–water partition coefficient (Wildman–Crippen LogP) is 2.93. The van der Waals surface area contributed by atoms with Crippen LogP contribution >= 0.6 is 0 Å². The van der Waals surface area contributed by atoms with Crippen molar-refractivity contribution in [2.75, 3.05) is 0 Å². The minimum atomic E-state index is -5.34. The van der Waals surface area contributed by atoms with Gasteiger partial charge >= 0.3 is 12.2 Å². The van der Waals surface area contributed by atoms with Crippen molar-refractivity contribution in [3.05, 3.63) is 71.5 Å². The zero-order valence-electron chi connectivity index (χ0n) is 13.6. The highest BCUT2D eigenvalue weighted by molar-refractivity contribution is 6.00. The van der Waals surface area contributed by atoms with Gasteiger partial charge in [0, 0.05) is 5.56 Å². The Bertz CT molecular complexity index is 855. The van der Waals surface area contributed by atoms with Gasteiger partial charge in [0.15, 0.2) is 5.78 Å². The number of urea groups is 1. The smallest absolute Gasteiger partial charge is 0.363 e. The molecule has 0 aromatic heterocycles. The fraction of sp³-hybridized carbons (Fsp3) is 0.222. The van der Waals surface area contributed by atoms with Crippen molar-refractivity contribution in [1.82, 2.24) is 10.6 Å². The van der Waals surface area contributed by atoms with Gasteiger partial charge in [-0.25, -0.2) is 9.18 Å². The number of Topliss-reactive ketones (excluding diaryl/α,β-unsaturated/α-hetero) is 1. The third kappa shape index (κ3) is 3.37. The summed E-state index contributed by atoms with van der Waals surface area (Å²) in [4.78, 5) is 24.7. The highest BCUT2D eigenvalue weighted by Gasteiger charge is 2.66. The van der Waals surface area contributed by atoms with Crippen LogP contribution in [-0.2, 0) is 0 Å². The van der Waals surface area contributed by atoms with E-state index in [1.54, 1.807) is 6.07 Å². The Kier molecular flexibility index (Phi) is 4.64. The summed E-state index contributed by atoms with van der Waals surface area (Å²) in [5, 5.41) is 14.0. The minimum absolute atomic E-state index is 0.0446. The third-order valence-corrected chi connectivity index (χ3v) is 4.38. The number of halogens is 4. The summed E-state index contributed by atoms with van der Waals surface area (Å²) in [5.74, 6) is -3.81. The molecule has 0 spiro atoms. The highest BCUT2D eigenvalue weighted by Crippen LogP contribution is 2.43. The molecule has 1 fully saturated rings. The molecule has 3 rings (SSSR count). The first-order valence-corrected chi connectivity index (χ1v) is 7.86. The molecule has 1 saturated heterocycles. The molecule has 2 aromatic rings. The average molecular weight is 382 g/mol. The molecule has 0 radical (unpaired) electrons. The van der Waals surface area contributed by atoms with E-state index in [0.29, 0.717) is 0 Å². The summed E-state index contributed by atoms with van der Waals surface area (Å²) < 4.78 is 54.2. The second-order valence-corrected chi connectivity index (χ2v) is 6.10. The first-order valence-electron chi connectivity index (χ1n) is 7.86. The predicted molar refractivity (Wildman–Crippen MR) is 86.1 cm³/mol.